The van der Waals surface area contributed by atoms with Gasteiger partial charge in [0.1, 0.15) is 0 Å². The first-order valence-electron chi connectivity index (χ1n) is 6.63. The van der Waals surface area contributed by atoms with Crippen molar-refractivity contribution >= 4 is 17.5 Å². The van der Waals surface area contributed by atoms with Crippen LogP contribution in [0.25, 0.3) is 0 Å². The second-order valence-electron chi connectivity index (χ2n) is 4.65. The fourth-order valence-electron chi connectivity index (χ4n) is 1.80. The average Bonchev–Trinajstić information content (AvgIpc) is 2.44. The van der Waals surface area contributed by atoms with Gasteiger partial charge in [0.05, 0.1) is 12.8 Å². The van der Waals surface area contributed by atoms with E-state index in [-0.39, 0.29) is 5.69 Å². The van der Waals surface area contributed by atoms with Crippen molar-refractivity contribution in [2.24, 2.45) is 5.92 Å². The highest BCUT2D eigenvalue weighted by molar-refractivity contribution is 5.88. The zero-order chi connectivity index (χ0) is 14.4. The van der Waals surface area contributed by atoms with Gasteiger partial charge < -0.3 is 15.4 Å². The molecule has 1 atom stereocenters. The number of rotatable bonds is 6. The van der Waals surface area contributed by atoms with E-state index < -0.39 is 5.97 Å². The fraction of sp³-hybridized carbons (Fsp3) is 0.571. The van der Waals surface area contributed by atoms with E-state index in [1.807, 2.05) is 6.92 Å². The second-order valence-corrected chi connectivity index (χ2v) is 4.65. The minimum absolute atomic E-state index is 0.286. The molecule has 1 aromatic rings. The van der Waals surface area contributed by atoms with Gasteiger partial charge in [-0.1, -0.05) is 20.3 Å². The lowest BCUT2D eigenvalue weighted by molar-refractivity contribution is 0.0594. The largest absolute Gasteiger partial charge is 0.464 e. The SMILES string of the molecule is CCC(C)CN(CC)c1nc(C(=O)OC)ccc1N. The predicted molar refractivity (Wildman–Crippen MR) is 77.3 cm³/mol. The van der Waals surface area contributed by atoms with Crippen molar-refractivity contribution in [3.63, 3.8) is 0 Å². The van der Waals surface area contributed by atoms with Gasteiger partial charge in [-0.25, -0.2) is 9.78 Å². The molecule has 0 aliphatic carbocycles. The number of pyridine rings is 1. The number of hydrogen-bond acceptors (Lipinski definition) is 5. The average molecular weight is 265 g/mol. The van der Waals surface area contributed by atoms with E-state index >= 15 is 0 Å². The van der Waals surface area contributed by atoms with Crippen LogP contribution >= 0.6 is 0 Å². The monoisotopic (exact) mass is 265 g/mol. The van der Waals surface area contributed by atoms with Crippen LogP contribution in [-0.2, 0) is 4.74 Å². The molecule has 1 aromatic heterocycles. The summed E-state index contributed by atoms with van der Waals surface area (Å²) in [6.07, 6.45) is 1.09. The Morgan fingerprint density at radius 1 is 1.47 bits per heavy atom. The summed E-state index contributed by atoms with van der Waals surface area (Å²) in [7, 11) is 1.34. The maximum absolute atomic E-state index is 11.5. The summed E-state index contributed by atoms with van der Waals surface area (Å²) < 4.78 is 4.69. The lowest BCUT2D eigenvalue weighted by Crippen LogP contribution is -2.30. The Kier molecular flexibility index (Phi) is 5.60. The molecule has 0 bridgehead atoms. The standard InChI is InChI=1S/C14H23N3O2/c1-5-10(3)9-17(6-2)13-11(15)7-8-12(16-13)14(18)19-4/h7-8,10H,5-6,9,15H2,1-4H3. The van der Waals surface area contributed by atoms with Gasteiger partial charge in [0.25, 0.3) is 0 Å². The lowest BCUT2D eigenvalue weighted by Gasteiger charge is -2.26. The number of ether oxygens (including phenoxy) is 1. The van der Waals surface area contributed by atoms with Crippen molar-refractivity contribution in [3.8, 4) is 0 Å². The summed E-state index contributed by atoms with van der Waals surface area (Å²) in [4.78, 5) is 17.9. The van der Waals surface area contributed by atoms with Gasteiger partial charge in [0.15, 0.2) is 11.5 Å². The van der Waals surface area contributed by atoms with Gasteiger partial charge in [-0.2, -0.15) is 0 Å². The minimum atomic E-state index is -0.444. The molecule has 0 saturated carbocycles. The highest BCUT2D eigenvalue weighted by atomic mass is 16.5. The summed E-state index contributed by atoms with van der Waals surface area (Å²) in [5, 5.41) is 0. The van der Waals surface area contributed by atoms with Crippen LogP contribution in [0.4, 0.5) is 11.5 Å². The Labute approximate surface area is 114 Å². The molecule has 0 aromatic carbocycles. The molecule has 0 radical (unpaired) electrons. The maximum Gasteiger partial charge on any atom is 0.356 e. The van der Waals surface area contributed by atoms with Crippen LogP contribution in [0, 0.1) is 5.92 Å². The molecular formula is C14H23N3O2. The van der Waals surface area contributed by atoms with Gasteiger partial charge >= 0.3 is 5.97 Å². The molecule has 19 heavy (non-hydrogen) atoms. The lowest BCUT2D eigenvalue weighted by atomic mass is 10.1. The Bertz CT molecular complexity index is 435. The van der Waals surface area contributed by atoms with Crippen LogP contribution < -0.4 is 10.6 Å². The number of carbonyl (C=O) groups excluding carboxylic acids is 1. The summed E-state index contributed by atoms with van der Waals surface area (Å²) in [5.41, 5.74) is 6.84. The zero-order valence-corrected chi connectivity index (χ0v) is 12.1. The molecule has 0 aliphatic heterocycles. The number of nitrogens with zero attached hydrogens (tertiary/aromatic N) is 2. The summed E-state index contributed by atoms with van der Waals surface area (Å²) in [5.74, 6) is 0.759. The van der Waals surface area contributed by atoms with Gasteiger partial charge in [0.2, 0.25) is 0 Å². The van der Waals surface area contributed by atoms with Crippen molar-refractivity contribution in [2.45, 2.75) is 27.2 Å². The normalized spacial score (nSPS) is 12.0. The maximum atomic E-state index is 11.5. The van der Waals surface area contributed by atoms with Crippen molar-refractivity contribution in [1.29, 1.82) is 0 Å². The van der Waals surface area contributed by atoms with Crippen LogP contribution in [-0.4, -0.2) is 31.2 Å². The number of nitrogen functional groups attached to an aromatic ring is 1. The summed E-state index contributed by atoms with van der Waals surface area (Å²) >= 11 is 0. The summed E-state index contributed by atoms with van der Waals surface area (Å²) in [6, 6.07) is 3.29. The number of hydrogen-bond donors (Lipinski definition) is 1. The van der Waals surface area contributed by atoms with E-state index in [0.29, 0.717) is 17.4 Å². The predicted octanol–water partition coefficient (Wildman–Crippen LogP) is 2.32. The van der Waals surface area contributed by atoms with Crippen molar-refractivity contribution in [2.75, 3.05) is 30.8 Å². The van der Waals surface area contributed by atoms with E-state index in [1.54, 1.807) is 12.1 Å². The molecule has 0 saturated heterocycles. The van der Waals surface area contributed by atoms with E-state index in [2.05, 4.69) is 28.5 Å². The van der Waals surface area contributed by atoms with Gasteiger partial charge in [-0.3, -0.25) is 0 Å². The number of anilines is 2. The molecule has 0 aliphatic rings. The highest BCUT2D eigenvalue weighted by Gasteiger charge is 2.16. The number of nitrogens with two attached hydrogens (primary N) is 1. The van der Waals surface area contributed by atoms with Gasteiger partial charge in [-0.15, -0.1) is 0 Å². The van der Waals surface area contributed by atoms with Crippen LogP contribution in [0.2, 0.25) is 0 Å². The Balaban J connectivity index is 3.04. The Morgan fingerprint density at radius 2 is 2.16 bits per heavy atom. The topological polar surface area (TPSA) is 68.5 Å². The van der Waals surface area contributed by atoms with Crippen LogP contribution in [0.1, 0.15) is 37.7 Å². The number of aromatic nitrogens is 1. The van der Waals surface area contributed by atoms with Crippen molar-refractivity contribution in [1.82, 2.24) is 4.98 Å². The Morgan fingerprint density at radius 3 is 2.68 bits per heavy atom. The molecule has 1 heterocycles. The first-order valence-corrected chi connectivity index (χ1v) is 6.63. The molecule has 5 nitrogen and oxygen atoms in total. The fourth-order valence-corrected chi connectivity index (χ4v) is 1.80. The second kappa shape index (κ2) is 6.97. The molecule has 0 spiro atoms. The third-order valence-electron chi connectivity index (χ3n) is 3.21. The van der Waals surface area contributed by atoms with E-state index in [0.717, 1.165) is 19.5 Å². The third-order valence-corrected chi connectivity index (χ3v) is 3.21. The van der Waals surface area contributed by atoms with Crippen molar-refractivity contribution < 1.29 is 9.53 Å². The third kappa shape index (κ3) is 3.84. The highest BCUT2D eigenvalue weighted by Crippen LogP contribution is 2.22. The van der Waals surface area contributed by atoms with Gasteiger partial charge in [-0.05, 0) is 25.0 Å². The number of carbonyl (C=O) groups is 1. The summed E-state index contributed by atoms with van der Waals surface area (Å²) in [6.45, 7) is 8.05. The molecule has 1 rings (SSSR count). The smallest absolute Gasteiger partial charge is 0.356 e. The first-order chi connectivity index (χ1) is 9.03. The first kappa shape index (κ1) is 15.3. The molecule has 106 valence electrons. The molecule has 0 fully saturated rings. The van der Waals surface area contributed by atoms with Crippen LogP contribution in [0.5, 0.6) is 0 Å². The minimum Gasteiger partial charge on any atom is -0.464 e. The quantitative estimate of drug-likeness (QED) is 0.799. The molecule has 2 N–H and O–H groups in total. The molecule has 0 amide bonds. The molecule has 1 unspecified atom stereocenters. The van der Waals surface area contributed by atoms with Gasteiger partial charge in [0, 0.05) is 13.1 Å². The van der Waals surface area contributed by atoms with E-state index in [4.69, 9.17) is 5.73 Å². The van der Waals surface area contributed by atoms with Crippen LogP contribution in [0.3, 0.4) is 0 Å². The molecule has 5 heteroatoms. The number of esters is 1. The van der Waals surface area contributed by atoms with Crippen molar-refractivity contribution in [3.05, 3.63) is 17.8 Å². The number of methoxy groups -OCH3 is 1. The van der Waals surface area contributed by atoms with E-state index in [9.17, 15) is 4.79 Å². The molecular weight excluding hydrogens is 242 g/mol. The Hall–Kier alpha value is -1.78. The zero-order valence-electron chi connectivity index (χ0n) is 12.1. The van der Waals surface area contributed by atoms with E-state index in [1.165, 1.54) is 7.11 Å². The van der Waals surface area contributed by atoms with Crippen LogP contribution in [0.15, 0.2) is 12.1 Å².